The van der Waals surface area contributed by atoms with E-state index >= 15 is 0 Å². The van der Waals surface area contributed by atoms with Crippen molar-refractivity contribution in [3.8, 4) is 0 Å². The topological polar surface area (TPSA) is 66.7 Å². The normalized spacial score (nSPS) is 11.6. The maximum absolute atomic E-state index is 5.09. The van der Waals surface area contributed by atoms with E-state index in [0.717, 1.165) is 58.0 Å². The summed E-state index contributed by atoms with van der Waals surface area (Å²) in [6, 6.07) is 0. The average Bonchev–Trinajstić information content (AvgIpc) is 2.92. The first-order valence-corrected chi connectivity index (χ1v) is 9.22. The maximum Gasteiger partial charge on any atom is 0.191 e. The average molecular weight is 480 g/mol. The fourth-order valence-electron chi connectivity index (χ4n) is 2.94. The highest BCUT2D eigenvalue weighted by Crippen LogP contribution is 2.15. The predicted octanol–water partition coefficient (Wildman–Crippen LogP) is 1.80. The SMILES string of the molecule is CCc1nn(C)c(CC)c1CNC(=NC)NCCN(C)CCCOC.I. The third-order valence-corrected chi connectivity index (χ3v) is 4.36. The second kappa shape index (κ2) is 14.2. The number of aromatic nitrogens is 2. The Labute approximate surface area is 176 Å². The van der Waals surface area contributed by atoms with E-state index in [1.54, 1.807) is 7.11 Å². The molecule has 1 heterocycles. The molecule has 8 heteroatoms. The van der Waals surface area contributed by atoms with Gasteiger partial charge in [0.1, 0.15) is 0 Å². The molecule has 7 nitrogen and oxygen atoms in total. The Kier molecular flexibility index (Phi) is 13.7. The van der Waals surface area contributed by atoms with Crippen molar-refractivity contribution in [1.29, 1.82) is 0 Å². The van der Waals surface area contributed by atoms with Crippen LogP contribution in [0.25, 0.3) is 0 Å². The van der Waals surface area contributed by atoms with Gasteiger partial charge < -0.3 is 20.3 Å². The van der Waals surface area contributed by atoms with E-state index in [4.69, 9.17) is 4.74 Å². The molecule has 0 spiro atoms. The number of aryl methyl sites for hydroxylation is 2. The van der Waals surface area contributed by atoms with Crippen molar-refractivity contribution < 1.29 is 4.74 Å². The lowest BCUT2D eigenvalue weighted by molar-refractivity contribution is 0.180. The second-order valence-corrected chi connectivity index (χ2v) is 6.20. The van der Waals surface area contributed by atoms with Crippen molar-refractivity contribution in [2.75, 3.05) is 47.4 Å². The van der Waals surface area contributed by atoms with Crippen molar-refractivity contribution in [1.82, 2.24) is 25.3 Å². The summed E-state index contributed by atoms with van der Waals surface area (Å²) in [4.78, 5) is 6.62. The highest BCUT2D eigenvalue weighted by Gasteiger charge is 2.13. The molecule has 0 fully saturated rings. The van der Waals surface area contributed by atoms with E-state index in [2.05, 4.69) is 46.5 Å². The highest BCUT2D eigenvalue weighted by molar-refractivity contribution is 14.0. The molecule has 0 radical (unpaired) electrons. The number of guanidine groups is 1. The van der Waals surface area contributed by atoms with Crippen LogP contribution in [0.5, 0.6) is 0 Å². The van der Waals surface area contributed by atoms with Gasteiger partial charge in [-0.1, -0.05) is 13.8 Å². The smallest absolute Gasteiger partial charge is 0.191 e. The van der Waals surface area contributed by atoms with Crippen LogP contribution in [-0.2, 0) is 31.2 Å². The molecule has 0 atom stereocenters. The minimum atomic E-state index is 0. The van der Waals surface area contributed by atoms with Gasteiger partial charge in [-0.05, 0) is 26.3 Å². The molecule has 0 bridgehead atoms. The lowest BCUT2D eigenvalue weighted by Gasteiger charge is -2.18. The van der Waals surface area contributed by atoms with Gasteiger partial charge in [0.05, 0.1) is 5.69 Å². The first-order valence-electron chi connectivity index (χ1n) is 9.22. The van der Waals surface area contributed by atoms with Crippen molar-refractivity contribution in [3.63, 3.8) is 0 Å². The first kappa shape index (κ1) is 25.1. The van der Waals surface area contributed by atoms with Gasteiger partial charge in [0.2, 0.25) is 0 Å². The Morgan fingerprint density at radius 1 is 1.23 bits per heavy atom. The minimum absolute atomic E-state index is 0. The van der Waals surface area contributed by atoms with Crippen LogP contribution in [0, 0.1) is 0 Å². The lowest BCUT2D eigenvalue weighted by Crippen LogP contribution is -2.41. The molecule has 0 amide bonds. The van der Waals surface area contributed by atoms with Gasteiger partial charge in [-0.3, -0.25) is 9.67 Å². The number of likely N-dealkylation sites (N-methyl/N-ethyl adjacent to an activating group) is 1. The zero-order valence-electron chi connectivity index (χ0n) is 17.3. The third kappa shape index (κ3) is 8.22. The van der Waals surface area contributed by atoms with Gasteiger partial charge >= 0.3 is 0 Å². The number of nitrogens with one attached hydrogen (secondary N) is 2. The number of aliphatic imine (C=N–C) groups is 1. The number of hydrogen-bond donors (Lipinski definition) is 2. The molecule has 1 aromatic heterocycles. The molecule has 0 aliphatic rings. The molecule has 0 aliphatic carbocycles. The van der Waals surface area contributed by atoms with Crippen molar-refractivity contribution in [2.24, 2.45) is 12.0 Å². The number of nitrogens with zero attached hydrogens (tertiary/aromatic N) is 4. The Morgan fingerprint density at radius 3 is 2.54 bits per heavy atom. The molecule has 0 unspecified atom stereocenters. The molecule has 0 aliphatic heterocycles. The van der Waals surface area contributed by atoms with Crippen LogP contribution in [0.1, 0.15) is 37.2 Å². The van der Waals surface area contributed by atoms with E-state index in [1.165, 1.54) is 17.0 Å². The summed E-state index contributed by atoms with van der Waals surface area (Å²) < 4.78 is 7.09. The molecule has 2 N–H and O–H groups in total. The summed E-state index contributed by atoms with van der Waals surface area (Å²) in [7, 11) is 7.70. The van der Waals surface area contributed by atoms with Crippen LogP contribution in [0.4, 0.5) is 0 Å². The number of rotatable bonds is 11. The van der Waals surface area contributed by atoms with Gasteiger partial charge in [0, 0.05) is 65.2 Å². The summed E-state index contributed by atoms with van der Waals surface area (Å²) >= 11 is 0. The van der Waals surface area contributed by atoms with Gasteiger partial charge in [0.25, 0.3) is 0 Å². The summed E-state index contributed by atoms with van der Waals surface area (Å²) in [6.45, 7) is 8.76. The zero-order chi connectivity index (χ0) is 18.7. The van der Waals surface area contributed by atoms with Gasteiger partial charge in [-0.2, -0.15) is 5.10 Å². The number of hydrogen-bond acceptors (Lipinski definition) is 4. The molecule has 1 aromatic rings. The van der Waals surface area contributed by atoms with E-state index < -0.39 is 0 Å². The Balaban J connectivity index is 0.00000625. The highest BCUT2D eigenvalue weighted by atomic mass is 127. The predicted molar refractivity (Wildman–Crippen MR) is 120 cm³/mol. The van der Waals surface area contributed by atoms with E-state index in [0.29, 0.717) is 0 Å². The number of halogens is 1. The summed E-state index contributed by atoms with van der Waals surface area (Å²) in [5.74, 6) is 0.832. The summed E-state index contributed by atoms with van der Waals surface area (Å²) in [6.07, 6.45) is 2.99. The monoisotopic (exact) mass is 480 g/mol. The van der Waals surface area contributed by atoms with E-state index in [-0.39, 0.29) is 24.0 Å². The molecular formula is C18H37IN6O. The largest absolute Gasteiger partial charge is 0.385 e. The Bertz CT molecular complexity index is 532. The molecule has 1 rings (SSSR count). The van der Waals surface area contributed by atoms with Crippen LogP contribution < -0.4 is 10.6 Å². The summed E-state index contributed by atoms with van der Waals surface area (Å²) in [5, 5.41) is 11.4. The number of ether oxygens (including phenoxy) is 1. The molecule has 0 saturated heterocycles. The fourth-order valence-corrected chi connectivity index (χ4v) is 2.94. The molecule has 0 aromatic carbocycles. The fraction of sp³-hybridized carbons (Fsp3) is 0.778. The van der Waals surface area contributed by atoms with Crippen LogP contribution in [0.15, 0.2) is 4.99 Å². The molecule has 26 heavy (non-hydrogen) atoms. The van der Waals surface area contributed by atoms with Crippen molar-refractivity contribution in [3.05, 3.63) is 17.0 Å². The van der Waals surface area contributed by atoms with E-state index in [1.807, 2.05) is 18.8 Å². The Morgan fingerprint density at radius 2 is 1.96 bits per heavy atom. The Hall–Kier alpha value is -0.870. The first-order chi connectivity index (χ1) is 12.1. The standard InChI is InChI=1S/C18H36N6O.HI/c1-7-16-15(17(8-2)24(5)22-16)14-21-18(19-3)20-10-12-23(4)11-9-13-25-6;/h7-14H2,1-6H3,(H2,19,20,21);1H. The summed E-state index contributed by atoms with van der Waals surface area (Å²) in [5.41, 5.74) is 3.75. The lowest BCUT2D eigenvalue weighted by atomic mass is 10.1. The zero-order valence-corrected chi connectivity index (χ0v) is 19.6. The van der Waals surface area contributed by atoms with Crippen LogP contribution in [0.3, 0.4) is 0 Å². The van der Waals surface area contributed by atoms with Crippen LogP contribution in [-0.4, -0.2) is 68.1 Å². The van der Waals surface area contributed by atoms with E-state index in [9.17, 15) is 0 Å². The minimum Gasteiger partial charge on any atom is -0.385 e. The molecule has 0 saturated carbocycles. The molecule has 152 valence electrons. The number of methoxy groups -OCH3 is 1. The van der Waals surface area contributed by atoms with Gasteiger partial charge in [-0.15, -0.1) is 24.0 Å². The van der Waals surface area contributed by atoms with Crippen LogP contribution in [0.2, 0.25) is 0 Å². The quantitative estimate of drug-likeness (QED) is 0.219. The molecular weight excluding hydrogens is 443 g/mol. The maximum atomic E-state index is 5.09. The van der Waals surface area contributed by atoms with Gasteiger partial charge in [0.15, 0.2) is 5.96 Å². The third-order valence-electron chi connectivity index (χ3n) is 4.36. The second-order valence-electron chi connectivity index (χ2n) is 6.20. The van der Waals surface area contributed by atoms with Gasteiger partial charge in [-0.25, -0.2) is 0 Å². The van der Waals surface area contributed by atoms with Crippen molar-refractivity contribution >= 4 is 29.9 Å². The van der Waals surface area contributed by atoms with Crippen molar-refractivity contribution in [2.45, 2.75) is 39.7 Å². The van der Waals surface area contributed by atoms with Crippen LogP contribution >= 0.6 is 24.0 Å².